The Morgan fingerprint density at radius 2 is 1.95 bits per heavy atom. The van der Waals surface area contributed by atoms with Crippen LogP contribution >= 0.6 is 0 Å². The van der Waals surface area contributed by atoms with Crippen LogP contribution in [0.25, 0.3) is 0 Å². The van der Waals surface area contributed by atoms with Crippen LogP contribution in [0.15, 0.2) is 18.2 Å². The molecule has 1 atom stereocenters. The number of piperidine rings is 1. The minimum absolute atomic E-state index is 0.283. The molecule has 118 valence electrons. The zero-order valence-electron chi connectivity index (χ0n) is 13.7. The van der Waals surface area contributed by atoms with Crippen LogP contribution in [0.4, 0.5) is 0 Å². The van der Waals surface area contributed by atoms with Gasteiger partial charge in [-0.15, -0.1) is 0 Å². The molecular weight excluding hydrogens is 264 g/mol. The van der Waals surface area contributed by atoms with Gasteiger partial charge in [0.15, 0.2) is 0 Å². The molecule has 1 heterocycles. The standard InChI is InChI=1S/C17H28N2O2/c1-13(18-12-14-7-9-19(2)10-8-14)16-6-5-15(20-3)11-17(16)21-4/h5-6,11,13-14,18H,7-10,12H2,1-4H3. The van der Waals surface area contributed by atoms with Gasteiger partial charge in [-0.2, -0.15) is 0 Å². The molecule has 0 bridgehead atoms. The number of likely N-dealkylation sites (tertiary alicyclic amines) is 1. The minimum Gasteiger partial charge on any atom is -0.497 e. The number of hydrogen-bond acceptors (Lipinski definition) is 4. The van der Waals surface area contributed by atoms with Gasteiger partial charge in [-0.25, -0.2) is 0 Å². The van der Waals surface area contributed by atoms with Crippen molar-refractivity contribution in [1.29, 1.82) is 0 Å². The predicted octanol–water partition coefficient (Wildman–Crippen LogP) is 2.70. The number of rotatable bonds is 6. The van der Waals surface area contributed by atoms with Gasteiger partial charge in [0.25, 0.3) is 0 Å². The van der Waals surface area contributed by atoms with Crippen LogP contribution in [0.5, 0.6) is 11.5 Å². The lowest BCUT2D eigenvalue weighted by Crippen LogP contribution is -2.35. The van der Waals surface area contributed by atoms with Crippen molar-refractivity contribution in [3.63, 3.8) is 0 Å². The first kappa shape index (κ1) is 16.1. The largest absolute Gasteiger partial charge is 0.497 e. The first-order chi connectivity index (χ1) is 10.1. The van der Waals surface area contributed by atoms with Gasteiger partial charge in [-0.1, -0.05) is 6.07 Å². The Morgan fingerprint density at radius 3 is 2.57 bits per heavy atom. The maximum atomic E-state index is 5.49. The highest BCUT2D eigenvalue weighted by Crippen LogP contribution is 2.29. The molecule has 1 saturated heterocycles. The SMILES string of the molecule is COc1ccc(C(C)NCC2CCN(C)CC2)c(OC)c1. The number of nitrogens with zero attached hydrogens (tertiary/aromatic N) is 1. The zero-order valence-corrected chi connectivity index (χ0v) is 13.7. The summed E-state index contributed by atoms with van der Waals surface area (Å²) in [5.74, 6) is 2.50. The average Bonchev–Trinajstić information content (AvgIpc) is 2.53. The monoisotopic (exact) mass is 292 g/mol. The van der Waals surface area contributed by atoms with Gasteiger partial charge < -0.3 is 19.7 Å². The maximum absolute atomic E-state index is 5.49. The molecule has 21 heavy (non-hydrogen) atoms. The lowest BCUT2D eigenvalue weighted by atomic mass is 9.96. The Balaban J connectivity index is 1.92. The van der Waals surface area contributed by atoms with Crippen molar-refractivity contribution >= 4 is 0 Å². The number of hydrogen-bond donors (Lipinski definition) is 1. The summed E-state index contributed by atoms with van der Waals surface area (Å²) in [7, 11) is 5.59. The topological polar surface area (TPSA) is 33.7 Å². The summed E-state index contributed by atoms with van der Waals surface area (Å²) >= 11 is 0. The molecule has 1 fully saturated rings. The van der Waals surface area contributed by atoms with Gasteiger partial charge in [0.1, 0.15) is 11.5 Å². The van der Waals surface area contributed by atoms with Gasteiger partial charge in [0.05, 0.1) is 14.2 Å². The predicted molar refractivity (Wildman–Crippen MR) is 86.2 cm³/mol. The molecule has 1 N–H and O–H groups in total. The number of methoxy groups -OCH3 is 2. The highest BCUT2D eigenvalue weighted by atomic mass is 16.5. The molecule has 0 aliphatic carbocycles. The Hall–Kier alpha value is -1.26. The average molecular weight is 292 g/mol. The van der Waals surface area contributed by atoms with Gasteiger partial charge in [0.2, 0.25) is 0 Å². The summed E-state index contributed by atoms with van der Waals surface area (Å²) in [5, 5.41) is 3.66. The summed E-state index contributed by atoms with van der Waals surface area (Å²) in [6.07, 6.45) is 2.58. The van der Waals surface area contributed by atoms with E-state index in [1.807, 2.05) is 12.1 Å². The summed E-state index contributed by atoms with van der Waals surface area (Å²) in [6.45, 7) is 5.70. The molecule has 4 nitrogen and oxygen atoms in total. The van der Waals surface area contributed by atoms with E-state index in [4.69, 9.17) is 9.47 Å². The molecule has 1 unspecified atom stereocenters. The molecule has 1 aliphatic heterocycles. The number of ether oxygens (including phenoxy) is 2. The van der Waals surface area contributed by atoms with Gasteiger partial charge >= 0.3 is 0 Å². The summed E-state index contributed by atoms with van der Waals surface area (Å²) in [6, 6.07) is 6.31. The molecule has 0 spiro atoms. The van der Waals surface area contributed by atoms with Crippen molar-refractivity contribution in [2.45, 2.75) is 25.8 Å². The van der Waals surface area contributed by atoms with Crippen LogP contribution < -0.4 is 14.8 Å². The molecular formula is C17H28N2O2. The van der Waals surface area contributed by atoms with Crippen molar-refractivity contribution in [1.82, 2.24) is 10.2 Å². The second kappa shape index (κ2) is 7.66. The lowest BCUT2D eigenvalue weighted by molar-refractivity contribution is 0.213. The normalized spacial score (nSPS) is 18.5. The zero-order chi connectivity index (χ0) is 15.2. The van der Waals surface area contributed by atoms with Crippen LogP contribution in [-0.2, 0) is 0 Å². The molecule has 1 aromatic rings. The van der Waals surface area contributed by atoms with Crippen LogP contribution in [0.2, 0.25) is 0 Å². The summed E-state index contributed by atoms with van der Waals surface area (Å²) in [5.41, 5.74) is 1.19. The third-order valence-electron chi connectivity index (χ3n) is 4.46. The summed E-state index contributed by atoms with van der Waals surface area (Å²) < 4.78 is 10.7. The highest BCUT2D eigenvalue weighted by Gasteiger charge is 2.18. The van der Waals surface area contributed by atoms with E-state index in [1.165, 1.54) is 31.5 Å². The smallest absolute Gasteiger partial charge is 0.127 e. The Morgan fingerprint density at radius 1 is 1.24 bits per heavy atom. The highest BCUT2D eigenvalue weighted by molar-refractivity contribution is 5.42. The second-order valence-electron chi connectivity index (χ2n) is 5.98. The fourth-order valence-corrected chi connectivity index (χ4v) is 2.90. The minimum atomic E-state index is 0.283. The van der Waals surface area contributed by atoms with E-state index in [2.05, 4.69) is 30.3 Å². The number of benzene rings is 1. The molecule has 1 aromatic carbocycles. The van der Waals surface area contributed by atoms with Gasteiger partial charge in [-0.05, 0) is 58.4 Å². The van der Waals surface area contributed by atoms with E-state index in [0.29, 0.717) is 0 Å². The van der Waals surface area contributed by atoms with Crippen LogP contribution in [-0.4, -0.2) is 45.8 Å². The van der Waals surface area contributed by atoms with E-state index in [9.17, 15) is 0 Å². The lowest BCUT2D eigenvalue weighted by Gasteiger charge is -2.30. The van der Waals surface area contributed by atoms with Gasteiger partial charge in [0, 0.05) is 17.7 Å². The molecule has 0 saturated carbocycles. The van der Waals surface area contributed by atoms with E-state index in [0.717, 1.165) is 24.0 Å². The maximum Gasteiger partial charge on any atom is 0.127 e. The third-order valence-corrected chi connectivity index (χ3v) is 4.46. The molecule has 0 aromatic heterocycles. The fraction of sp³-hybridized carbons (Fsp3) is 0.647. The van der Waals surface area contributed by atoms with Crippen molar-refractivity contribution < 1.29 is 9.47 Å². The second-order valence-corrected chi connectivity index (χ2v) is 5.98. The van der Waals surface area contributed by atoms with E-state index in [1.54, 1.807) is 14.2 Å². The van der Waals surface area contributed by atoms with Crippen molar-refractivity contribution in [3.8, 4) is 11.5 Å². The van der Waals surface area contributed by atoms with E-state index in [-0.39, 0.29) is 6.04 Å². The first-order valence-corrected chi connectivity index (χ1v) is 7.78. The summed E-state index contributed by atoms with van der Waals surface area (Å²) in [4.78, 5) is 2.41. The molecule has 1 aliphatic rings. The van der Waals surface area contributed by atoms with Crippen molar-refractivity contribution in [3.05, 3.63) is 23.8 Å². The number of nitrogens with one attached hydrogen (secondary N) is 1. The van der Waals surface area contributed by atoms with Crippen LogP contribution in [0.3, 0.4) is 0 Å². The molecule has 0 amide bonds. The van der Waals surface area contributed by atoms with E-state index < -0.39 is 0 Å². The Labute approximate surface area is 128 Å². The Bertz CT molecular complexity index is 442. The van der Waals surface area contributed by atoms with Crippen molar-refractivity contribution in [2.75, 3.05) is 40.9 Å². The van der Waals surface area contributed by atoms with E-state index >= 15 is 0 Å². The third kappa shape index (κ3) is 4.35. The van der Waals surface area contributed by atoms with Gasteiger partial charge in [-0.3, -0.25) is 0 Å². The molecule has 2 rings (SSSR count). The van der Waals surface area contributed by atoms with Crippen molar-refractivity contribution in [2.24, 2.45) is 5.92 Å². The van der Waals surface area contributed by atoms with Crippen LogP contribution in [0.1, 0.15) is 31.4 Å². The van der Waals surface area contributed by atoms with Crippen LogP contribution in [0, 0.1) is 5.92 Å². The molecule has 0 radical (unpaired) electrons. The first-order valence-electron chi connectivity index (χ1n) is 7.78. The quantitative estimate of drug-likeness (QED) is 0.874. The molecule has 4 heteroatoms. The Kier molecular flexibility index (Phi) is 5.88. The fourth-order valence-electron chi connectivity index (χ4n) is 2.90.